The smallest absolute Gasteiger partial charge is 0.277 e. The first-order valence-electron chi connectivity index (χ1n) is 7.34. The highest BCUT2D eigenvalue weighted by Gasteiger charge is 2.19. The van der Waals surface area contributed by atoms with Crippen molar-refractivity contribution < 1.29 is 9.21 Å². The summed E-state index contributed by atoms with van der Waals surface area (Å²) >= 11 is 8.05. The second kappa shape index (κ2) is 8.16. The van der Waals surface area contributed by atoms with E-state index in [1.807, 2.05) is 48.5 Å². The summed E-state index contributed by atoms with van der Waals surface area (Å²) in [6.45, 7) is 1.79. The summed E-state index contributed by atoms with van der Waals surface area (Å²) in [5.74, 6) is 0.276. The molecular weight excluding hydrogens is 470 g/mol. The highest BCUT2D eigenvalue weighted by Crippen LogP contribution is 2.30. The van der Waals surface area contributed by atoms with Crippen molar-refractivity contribution in [3.05, 3.63) is 57.5 Å². The molecule has 0 fully saturated rings. The van der Waals surface area contributed by atoms with E-state index in [4.69, 9.17) is 4.42 Å². The van der Waals surface area contributed by atoms with E-state index in [0.29, 0.717) is 11.1 Å². The number of thioether (sulfide) groups is 1. The van der Waals surface area contributed by atoms with Crippen LogP contribution in [0.3, 0.4) is 0 Å². The third kappa shape index (κ3) is 4.71. The number of nitrogens with one attached hydrogen (secondary N) is 1. The molecule has 0 radical (unpaired) electrons. The van der Waals surface area contributed by atoms with Gasteiger partial charge in [0.25, 0.3) is 5.22 Å². The van der Waals surface area contributed by atoms with Crippen molar-refractivity contribution in [1.29, 1.82) is 0 Å². The fraction of sp³-hybridized carbons (Fsp3) is 0.118. The van der Waals surface area contributed by atoms with Gasteiger partial charge in [-0.3, -0.25) is 4.79 Å². The molecule has 0 bridgehead atoms. The SMILES string of the molecule is CC(Sc1nnc(-c2ccccc2Br)o1)C(=O)Nc1cccc(Br)c1. The number of hydrogen-bond donors (Lipinski definition) is 1. The van der Waals surface area contributed by atoms with Crippen LogP contribution in [-0.4, -0.2) is 21.4 Å². The minimum absolute atomic E-state index is 0.135. The second-order valence-corrected chi connectivity index (χ2v) is 8.17. The number of halogens is 2. The van der Waals surface area contributed by atoms with Gasteiger partial charge in [0.15, 0.2) is 0 Å². The molecule has 2 aromatic carbocycles. The van der Waals surface area contributed by atoms with E-state index < -0.39 is 0 Å². The van der Waals surface area contributed by atoms with E-state index in [9.17, 15) is 4.79 Å². The van der Waals surface area contributed by atoms with Crippen molar-refractivity contribution in [3.8, 4) is 11.5 Å². The van der Waals surface area contributed by atoms with E-state index in [1.54, 1.807) is 6.92 Å². The van der Waals surface area contributed by atoms with Crippen LogP contribution >= 0.6 is 43.6 Å². The number of aromatic nitrogens is 2. The van der Waals surface area contributed by atoms with Gasteiger partial charge in [0, 0.05) is 14.6 Å². The monoisotopic (exact) mass is 481 g/mol. The predicted octanol–water partition coefficient (Wildman–Crippen LogP) is 5.38. The lowest BCUT2D eigenvalue weighted by Crippen LogP contribution is -2.22. The number of hydrogen-bond acceptors (Lipinski definition) is 5. The summed E-state index contributed by atoms with van der Waals surface area (Å²) in [5.41, 5.74) is 1.54. The van der Waals surface area contributed by atoms with Crippen molar-refractivity contribution in [2.75, 3.05) is 5.32 Å². The summed E-state index contributed by atoms with van der Waals surface area (Å²) in [5, 5.41) is 10.9. The summed E-state index contributed by atoms with van der Waals surface area (Å²) in [6.07, 6.45) is 0. The van der Waals surface area contributed by atoms with Crippen molar-refractivity contribution >= 4 is 55.2 Å². The van der Waals surface area contributed by atoms with E-state index in [-0.39, 0.29) is 11.2 Å². The molecule has 25 heavy (non-hydrogen) atoms. The van der Waals surface area contributed by atoms with Crippen LogP contribution in [-0.2, 0) is 4.79 Å². The number of anilines is 1. The van der Waals surface area contributed by atoms with Gasteiger partial charge in [-0.2, -0.15) is 0 Å². The van der Waals surface area contributed by atoms with E-state index in [0.717, 1.165) is 20.2 Å². The molecular formula is C17H13Br2N3O2S. The van der Waals surface area contributed by atoms with Gasteiger partial charge in [0.1, 0.15) is 0 Å². The molecule has 3 rings (SSSR count). The number of rotatable bonds is 5. The Kier molecular flexibility index (Phi) is 5.93. The van der Waals surface area contributed by atoms with Crippen LogP contribution < -0.4 is 5.32 Å². The molecule has 8 heteroatoms. The molecule has 1 atom stereocenters. The molecule has 1 N–H and O–H groups in total. The van der Waals surface area contributed by atoms with Gasteiger partial charge in [-0.1, -0.05) is 45.9 Å². The third-order valence-corrected chi connectivity index (χ3v) is 5.37. The lowest BCUT2D eigenvalue weighted by Gasteiger charge is -2.10. The van der Waals surface area contributed by atoms with Crippen LogP contribution in [0.15, 0.2) is 67.1 Å². The Bertz CT molecular complexity index is 901. The average Bonchev–Trinajstić information content (AvgIpc) is 3.03. The first kappa shape index (κ1) is 18.2. The van der Waals surface area contributed by atoms with Crippen LogP contribution in [0.2, 0.25) is 0 Å². The molecule has 0 saturated heterocycles. The Morgan fingerprint density at radius 2 is 1.96 bits per heavy atom. The summed E-state index contributed by atoms with van der Waals surface area (Å²) in [4.78, 5) is 12.3. The maximum atomic E-state index is 12.3. The fourth-order valence-electron chi connectivity index (χ4n) is 2.02. The normalized spacial score (nSPS) is 12.0. The Labute approximate surface area is 165 Å². The van der Waals surface area contributed by atoms with E-state index in [2.05, 4.69) is 47.4 Å². The van der Waals surface area contributed by atoms with E-state index in [1.165, 1.54) is 11.8 Å². The standard InChI is InChI=1S/C17H13Br2N3O2S/c1-10(15(23)20-12-6-4-5-11(18)9-12)25-17-22-21-16(24-17)13-7-2-3-8-14(13)19/h2-10H,1H3,(H,20,23). The summed E-state index contributed by atoms with van der Waals surface area (Å²) < 4.78 is 7.44. The zero-order valence-corrected chi connectivity index (χ0v) is 17.1. The molecule has 3 aromatic rings. The lowest BCUT2D eigenvalue weighted by molar-refractivity contribution is -0.115. The first-order valence-corrected chi connectivity index (χ1v) is 9.81. The number of carbonyl (C=O) groups excluding carboxylic acids is 1. The number of nitrogens with zero attached hydrogens (tertiary/aromatic N) is 2. The van der Waals surface area contributed by atoms with Gasteiger partial charge in [-0.25, -0.2) is 0 Å². The highest BCUT2D eigenvalue weighted by molar-refractivity contribution is 9.10. The highest BCUT2D eigenvalue weighted by atomic mass is 79.9. The Morgan fingerprint density at radius 3 is 2.72 bits per heavy atom. The van der Waals surface area contributed by atoms with Gasteiger partial charge in [-0.15, -0.1) is 10.2 Å². The minimum atomic E-state index is -0.383. The molecule has 0 aliphatic heterocycles. The number of amides is 1. The fourth-order valence-corrected chi connectivity index (χ4v) is 3.55. The molecule has 128 valence electrons. The average molecular weight is 483 g/mol. The van der Waals surface area contributed by atoms with Gasteiger partial charge in [0.05, 0.1) is 10.8 Å². The molecule has 1 aromatic heterocycles. The topological polar surface area (TPSA) is 68.0 Å². The van der Waals surface area contributed by atoms with Crippen molar-refractivity contribution in [2.45, 2.75) is 17.4 Å². The van der Waals surface area contributed by atoms with Gasteiger partial charge in [0.2, 0.25) is 11.8 Å². The van der Waals surface area contributed by atoms with Crippen LogP contribution in [0.5, 0.6) is 0 Å². The predicted molar refractivity (Wildman–Crippen MR) is 106 cm³/mol. The lowest BCUT2D eigenvalue weighted by atomic mass is 10.2. The molecule has 1 amide bonds. The van der Waals surface area contributed by atoms with Crippen LogP contribution in [0.4, 0.5) is 5.69 Å². The number of carbonyl (C=O) groups is 1. The summed E-state index contributed by atoms with van der Waals surface area (Å²) in [7, 11) is 0. The van der Waals surface area contributed by atoms with E-state index >= 15 is 0 Å². The maximum Gasteiger partial charge on any atom is 0.277 e. The quantitative estimate of drug-likeness (QED) is 0.494. The zero-order valence-electron chi connectivity index (χ0n) is 13.1. The minimum Gasteiger partial charge on any atom is -0.411 e. The summed E-state index contributed by atoms with van der Waals surface area (Å²) in [6, 6.07) is 15.0. The molecule has 5 nitrogen and oxygen atoms in total. The molecule has 0 spiro atoms. The van der Waals surface area contributed by atoms with Crippen LogP contribution in [0, 0.1) is 0 Å². The maximum absolute atomic E-state index is 12.3. The van der Waals surface area contributed by atoms with Crippen LogP contribution in [0.25, 0.3) is 11.5 Å². The Balaban J connectivity index is 1.66. The largest absolute Gasteiger partial charge is 0.411 e. The van der Waals surface area contributed by atoms with Crippen molar-refractivity contribution in [2.24, 2.45) is 0 Å². The molecule has 0 aliphatic carbocycles. The molecule has 1 heterocycles. The Morgan fingerprint density at radius 1 is 1.16 bits per heavy atom. The third-order valence-electron chi connectivity index (χ3n) is 3.25. The first-order chi connectivity index (χ1) is 12.0. The van der Waals surface area contributed by atoms with Crippen molar-refractivity contribution in [1.82, 2.24) is 10.2 Å². The van der Waals surface area contributed by atoms with Gasteiger partial charge < -0.3 is 9.73 Å². The number of benzene rings is 2. The Hall–Kier alpha value is -1.64. The van der Waals surface area contributed by atoms with Crippen molar-refractivity contribution in [3.63, 3.8) is 0 Å². The molecule has 1 unspecified atom stereocenters. The zero-order chi connectivity index (χ0) is 17.8. The molecule has 0 aliphatic rings. The molecule has 0 saturated carbocycles. The van der Waals surface area contributed by atoms with Gasteiger partial charge >= 0.3 is 0 Å². The van der Waals surface area contributed by atoms with Crippen LogP contribution in [0.1, 0.15) is 6.92 Å². The second-order valence-electron chi connectivity index (χ2n) is 5.11. The van der Waals surface area contributed by atoms with Gasteiger partial charge in [-0.05, 0) is 53.2 Å².